The predicted molar refractivity (Wildman–Crippen MR) is 69.8 cm³/mol. The van der Waals surface area contributed by atoms with Gasteiger partial charge in [-0.25, -0.2) is 0 Å². The Hall–Kier alpha value is -1.60. The summed E-state index contributed by atoms with van der Waals surface area (Å²) in [6.07, 6.45) is 1.18. The van der Waals surface area contributed by atoms with E-state index in [0.717, 1.165) is 5.92 Å². The average molecular weight is 221 g/mol. The molecule has 1 heteroatoms. The van der Waals surface area contributed by atoms with Crippen LogP contribution < -0.4 is 5.73 Å². The molecular formula is C16H15N. The minimum Gasteiger partial charge on any atom is -0.327 e. The molecule has 2 aromatic rings. The van der Waals surface area contributed by atoms with Crippen LogP contribution in [0.15, 0.2) is 48.5 Å². The van der Waals surface area contributed by atoms with Crippen LogP contribution in [0.2, 0.25) is 0 Å². The van der Waals surface area contributed by atoms with E-state index in [-0.39, 0.29) is 0 Å². The van der Waals surface area contributed by atoms with Crippen molar-refractivity contribution in [1.29, 1.82) is 0 Å². The molecule has 17 heavy (non-hydrogen) atoms. The third-order valence-corrected chi connectivity index (χ3v) is 4.29. The van der Waals surface area contributed by atoms with Gasteiger partial charge in [-0.2, -0.15) is 0 Å². The number of hydrogen-bond acceptors (Lipinski definition) is 1. The molecule has 4 rings (SSSR count). The SMILES string of the molecule is N[C@@H]1[C@H]2Cc3cc(-c4ccccc4)ccc3[C@@H]12. The van der Waals surface area contributed by atoms with Crippen LogP contribution in [0.3, 0.4) is 0 Å². The zero-order valence-electron chi connectivity index (χ0n) is 9.64. The van der Waals surface area contributed by atoms with Crippen molar-refractivity contribution in [1.82, 2.24) is 0 Å². The summed E-state index contributed by atoms with van der Waals surface area (Å²) in [6.45, 7) is 0. The van der Waals surface area contributed by atoms with Gasteiger partial charge in [0.25, 0.3) is 0 Å². The quantitative estimate of drug-likeness (QED) is 0.787. The molecule has 0 unspecified atom stereocenters. The van der Waals surface area contributed by atoms with Crippen LogP contribution in [0.1, 0.15) is 17.0 Å². The molecule has 0 heterocycles. The number of rotatable bonds is 1. The second kappa shape index (κ2) is 3.21. The summed E-state index contributed by atoms with van der Waals surface area (Å²) >= 11 is 0. The standard InChI is InChI=1S/C16H15N/c17-16-14-9-12-8-11(6-7-13(12)15(14)16)10-4-2-1-3-5-10/h1-8,14-16H,9,17H2/t14-,15+,16+/m0/s1. The van der Waals surface area contributed by atoms with E-state index in [1.54, 1.807) is 0 Å². The van der Waals surface area contributed by atoms with Crippen molar-refractivity contribution in [3.63, 3.8) is 0 Å². The molecule has 2 aromatic carbocycles. The third-order valence-electron chi connectivity index (χ3n) is 4.29. The van der Waals surface area contributed by atoms with E-state index in [4.69, 9.17) is 5.73 Å². The van der Waals surface area contributed by atoms with Crippen molar-refractivity contribution in [2.24, 2.45) is 11.7 Å². The molecule has 0 spiro atoms. The molecule has 3 atom stereocenters. The molecule has 0 aromatic heterocycles. The Morgan fingerprint density at radius 1 is 0.941 bits per heavy atom. The first-order valence-electron chi connectivity index (χ1n) is 6.28. The summed E-state index contributed by atoms with van der Waals surface area (Å²) in [5.41, 5.74) is 11.7. The first-order chi connectivity index (χ1) is 8.34. The van der Waals surface area contributed by atoms with E-state index in [1.807, 2.05) is 0 Å². The fourth-order valence-electron chi connectivity index (χ4n) is 3.27. The van der Waals surface area contributed by atoms with Crippen molar-refractivity contribution in [2.45, 2.75) is 18.4 Å². The molecular weight excluding hydrogens is 206 g/mol. The Labute approximate surface area is 101 Å². The Bertz CT molecular complexity index is 573. The lowest BCUT2D eigenvalue weighted by molar-refractivity contribution is 0.801. The number of fused-ring (bicyclic) bond motifs is 3. The Morgan fingerprint density at radius 2 is 1.76 bits per heavy atom. The molecule has 2 N–H and O–H groups in total. The van der Waals surface area contributed by atoms with Crippen LogP contribution in [0, 0.1) is 5.92 Å². The van der Waals surface area contributed by atoms with Crippen LogP contribution in [0.5, 0.6) is 0 Å². The van der Waals surface area contributed by atoms with Gasteiger partial charge in [0.05, 0.1) is 0 Å². The van der Waals surface area contributed by atoms with Crippen molar-refractivity contribution < 1.29 is 0 Å². The fraction of sp³-hybridized carbons (Fsp3) is 0.250. The van der Waals surface area contributed by atoms with Crippen molar-refractivity contribution in [3.8, 4) is 11.1 Å². The molecule has 0 aliphatic heterocycles. The maximum absolute atomic E-state index is 6.04. The van der Waals surface area contributed by atoms with Crippen molar-refractivity contribution in [2.75, 3.05) is 0 Å². The fourth-order valence-corrected chi connectivity index (χ4v) is 3.27. The highest BCUT2D eigenvalue weighted by Crippen LogP contribution is 2.55. The van der Waals surface area contributed by atoms with E-state index in [1.165, 1.54) is 28.7 Å². The van der Waals surface area contributed by atoms with Crippen molar-refractivity contribution in [3.05, 3.63) is 59.7 Å². The van der Waals surface area contributed by atoms with Crippen LogP contribution in [-0.4, -0.2) is 6.04 Å². The van der Waals surface area contributed by atoms with Crippen LogP contribution >= 0.6 is 0 Å². The largest absolute Gasteiger partial charge is 0.327 e. The summed E-state index contributed by atoms with van der Waals surface area (Å²) in [5.74, 6) is 1.39. The smallest absolute Gasteiger partial charge is 0.0149 e. The maximum atomic E-state index is 6.04. The Kier molecular flexibility index (Phi) is 1.78. The van der Waals surface area contributed by atoms with Gasteiger partial charge in [0.1, 0.15) is 0 Å². The number of benzene rings is 2. The molecule has 1 fully saturated rings. The Balaban J connectivity index is 1.77. The molecule has 2 aliphatic rings. The lowest BCUT2D eigenvalue weighted by Crippen LogP contribution is -2.08. The van der Waals surface area contributed by atoms with E-state index < -0.39 is 0 Å². The highest BCUT2D eigenvalue weighted by molar-refractivity contribution is 5.66. The zero-order valence-corrected chi connectivity index (χ0v) is 9.64. The molecule has 0 amide bonds. The zero-order chi connectivity index (χ0) is 11.4. The van der Waals surface area contributed by atoms with Gasteiger partial charge in [-0.1, -0.05) is 48.5 Å². The van der Waals surface area contributed by atoms with E-state index in [9.17, 15) is 0 Å². The molecule has 2 aliphatic carbocycles. The van der Waals surface area contributed by atoms with Gasteiger partial charge in [-0.05, 0) is 34.6 Å². The normalized spacial score (nSPS) is 28.6. The second-order valence-corrected chi connectivity index (χ2v) is 5.25. The Morgan fingerprint density at radius 3 is 2.59 bits per heavy atom. The third kappa shape index (κ3) is 1.29. The molecule has 0 bridgehead atoms. The summed E-state index contributed by atoms with van der Waals surface area (Å²) in [7, 11) is 0. The van der Waals surface area contributed by atoms with Gasteiger partial charge >= 0.3 is 0 Å². The van der Waals surface area contributed by atoms with Crippen molar-refractivity contribution >= 4 is 0 Å². The molecule has 1 saturated carbocycles. The minimum absolute atomic E-state index is 0.435. The number of hydrogen-bond donors (Lipinski definition) is 1. The van der Waals surface area contributed by atoms with E-state index in [2.05, 4.69) is 48.5 Å². The summed E-state index contributed by atoms with van der Waals surface area (Å²) in [6, 6.07) is 17.9. The maximum Gasteiger partial charge on any atom is 0.0149 e. The van der Waals surface area contributed by atoms with Gasteiger partial charge in [-0.15, -0.1) is 0 Å². The van der Waals surface area contributed by atoms with Gasteiger partial charge in [0.15, 0.2) is 0 Å². The van der Waals surface area contributed by atoms with E-state index in [0.29, 0.717) is 12.0 Å². The highest BCUT2D eigenvalue weighted by Gasteiger charge is 2.53. The van der Waals surface area contributed by atoms with E-state index >= 15 is 0 Å². The summed E-state index contributed by atoms with van der Waals surface area (Å²) < 4.78 is 0. The topological polar surface area (TPSA) is 26.0 Å². The second-order valence-electron chi connectivity index (χ2n) is 5.25. The predicted octanol–water partition coefficient (Wildman–Crippen LogP) is 2.95. The summed E-state index contributed by atoms with van der Waals surface area (Å²) in [5, 5.41) is 0. The average Bonchev–Trinajstić information content (AvgIpc) is 2.87. The monoisotopic (exact) mass is 221 g/mol. The van der Waals surface area contributed by atoms with Gasteiger partial charge in [0, 0.05) is 12.0 Å². The van der Waals surface area contributed by atoms with Gasteiger partial charge < -0.3 is 5.73 Å². The molecule has 1 nitrogen and oxygen atoms in total. The molecule has 0 radical (unpaired) electrons. The van der Waals surface area contributed by atoms with Crippen LogP contribution in [0.25, 0.3) is 11.1 Å². The lowest BCUT2D eigenvalue weighted by Gasteiger charge is -2.08. The first kappa shape index (κ1) is 9.43. The van der Waals surface area contributed by atoms with Crippen LogP contribution in [-0.2, 0) is 6.42 Å². The summed E-state index contributed by atoms with van der Waals surface area (Å²) in [4.78, 5) is 0. The highest BCUT2D eigenvalue weighted by atomic mass is 14.8. The molecule has 0 saturated heterocycles. The first-order valence-corrected chi connectivity index (χ1v) is 6.28. The number of nitrogens with two attached hydrogens (primary N) is 1. The van der Waals surface area contributed by atoms with Crippen LogP contribution in [0.4, 0.5) is 0 Å². The lowest BCUT2D eigenvalue weighted by atomic mass is 9.98. The van der Waals surface area contributed by atoms with Gasteiger partial charge in [-0.3, -0.25) is 0 Å². The molecule has 84 valence electrons. The minimum atomic E-state index is 0.435. The van der Waals surface area contributed by atoms with Gasteiger partial charge in [0.2, 0.25) is 0 Å².